The maximum Gasteiger partial charge on any atom is 0.261 e. The van der Waals surface area contributed by atoms with Crippen molar-refractivity contribution in [2.24, 2.45) is 9.98 Å². The van der Waals surface area contributed by atoms with E-state index in [-0.39, 0.29) is 21.9 Å². The molecule has 1 aliphatic rings. The van der Waals surface area contributed by atoms with Gasteiger partial charge in [-0.15, -0.1) is 0 Å². The van der Waals surface area contributed by atoms with Crippen molar-refractivity contribution in [1.29, 1.82) is 0 Å². The van der Waals surface area contributed by atoms with E-state index >= 15 is 0 Å². The Labute approximate surface area is 270 Å². The minimum atomic E-state index is -3.84. The summed E-state index contributed by atoms with van der Waals surface area (Å²) in [5.74, 6) is 1.13. The summed E-state index contributed by atoms with van der Waals surface area (Å²) in [7, 11) is -4.63. The average Bonchev–Trinajstić information content (AvgIpc) is 3.07. The zero-order valence-corrected chi connectivity index (χ0v) is 27.2. The Morgan fingerprint density at radius 3 is 1.33 bits per heavy atom. The lowest BCUT2D eigenvalue weighted by Crippen LogP contribution is -2.27. The standard InChI is InChI=1S/C34H36N4O6S2/c1-43-27-15-19-29(20-16-27)45(39,40)37-31-11-5-3-9-25(31)23-35-33-13-7-8-14-34(33)36-24-26-10-4-6-12-32(26)38-46(41,42)30-21-17-28(44-2)18-22-30/h3-6,9-12,15-24,33-34,37-38H,7-8,13-14H2,1-2H3/t33-,34-/m1/s1. The summed E-state index contributed by atoms with van der Waals surface area (Å²) < 4.78 is 68.0. The molecule has 0 aromatic heterocycles. The summed E-state index contributed by atoms with van der Waals surface area (Å²) in [6.45, 7) is 0. The highest BCUT2D eigenvalue weighted by molar-refractivity contribution is 7.93. The summed E-state index contributed by atoms with van der Waals surface area (Å²) in [6.07, 6.45) is 7.03. The number of methoxy groups -OCH3 is 2. The Hall–Kier alpha value is -4.68. The third-order valence-electron chi connectivity index (χ3n) is 7.65. The van der Waals surface area contributed by atoms with Crippen LogP contribution in [0, 0.1) is 0 Å². The number of anilines is 2. The first-order valence-electron chi connectivity index (χ1n) is 14.8. The number of sulfonamides is 2. The van der Waals surface area contributed by atoms with Gasteiger partial charge >= 0.3 is 0 Å². The fourth-order valence-corrected chi connectivity index (χ4v) is 7.29. The van der Waals surface area contributed by atoms with Crippen LogP contribution in [0.5, 0.6) is 11.5 Å². The van der Waals surface area contributed by atoms with E-state index < -0.39 is 20.0 Å². The molecule has 46 heavy (non-hydrogen) atoms. The number of ether oxygens (including phenoxy) is 2. The number of hydrogen-bond donors (Lipinski definition) is 2. The van der Waals surface area contributed by atoms with Crippen LogP contribution in [0.4, 0.5) is 11.4 Å². The molecule has 0 amide bonds. The topological polar surface area (TPSA) is 136 Å². The molecule has 1 fully saturated rings. The molecule has 0 spiro atoms. The molecule has 0 aliphatic heterocycles. The van der Waals surface area contributed by atoms with Crippen molar-refractivity contribution >= 4 is 43.9 Å². The van der Waals surface area contributed by atoms with E-state index in [4.69, 9.17) is 19.5 Å². The molecule has 2 atom stereocenters. The van der Waals surface area contributed by atoms with Crippen molar-refractivity contribution in [2.45, 2.75) is 47.6 Å². The lowest BCUT2D eigenvalue weighted by Gasteiger charge is -2.25. The normalized spacial score (nSPS) is 17.2. The van der Waals surface area contributed by atoms with E-state index in [0.717, 1.165) is 25.7 Å². The maximum atomic E-state index is 13.1. The van der Waals surface area contributed by atoms with Crippen LogP contribution in [0.3, 0.4) is 0 Å². The van der Waals surface area contributed by atoms with Gasteiger partial charge in [-0.3, -0.25) is 19.4 Å². The van der Waals surface area contributed by atoms with Gasteiger partial charge in [-0.25, -0.2) is 16.8 Å². The molecule has 5 rings (SSSR count). The van der Waals surface area contributed by atoms with Crippen LogP contribution in [-0.2, 0) is 20.0 Å². The number of rotatable bonds is 12. The number of nitrogens with one attached hydrogen (secondary N) is 2. The highest BCUT2D eigenvalue weighted by Gasteiger charge is 2.24. The Bertz CT molecular complexity index is 1770. The second-order valence-corrected chi connectivity index (χ2v) is 14.1. The van der Waals surface area contributed by atoms with Crippen molar-refractivity contribution < 1.29 is 26.3 Å². The first-order valence-corrected chi connectivity index (χ1v) is 17.7. The fourth-order valence-electron chi connectivity index (χ4n) is 5.11. The summed E-state index contributed by atoms with van der Waals surface area (Å²) in [4.78, 5) is 9.95. The first-order chi connectivity index (χ1) is 22.2. The van der Waals surface area contributed by atoms with Crippen molar-refractivity contribution in [1.82, 2.24) is 0 Å². The molecule has 4 aromatic carbocycles. The van der Waals surface area contributed by atoms with Gasteiger partial charge in [0.2, 0.25) is 0 Å². The van der Waals surface area contributed by atoms with Gasteiger partial charge in [-0.2, -0.15) is 0 Å². The summed E-state index contributed by atoms with van der Waals surface area (Å²) in [5.41, 5.74) is 2.09. The van der Waals surface area contributed by atoms with E-state index in [1.807, 2.05) is 24.3 Å². The molecule has 0 unspecified atom stereocenters. The first kappa shape index (κ1) is 32.7. The van der Waals surface area contributed by atoms with Gasteiger partial charge in [-0.05, 0) is 73.5 Å². The Balaban J connectivity index is 1.32. The summed E-state index contributed by atoms with van der Waals surface area (Å²) in [6, 6.07) is 26.3. The molecule has 0 saturated heterocycles. The van der Waals surface area contributed by atoms with E-state index in [9.17, 15) is 16.8 Å². The van der Waals surface area contributed by atoms with Gasteiger partial charge in [0, 0.05) is 23.6 Å². The molecule has 1 aliphatic carbocycles. The molecule has 0 bridgehead atoms. The SMILES string of the molecule is COc1ccc(S(=O)(=O)Nc2ccccc2C=N[C@@H]2CCCC[C@H]2N=Cc2ccccc2NS(=O)(=O)c2ccc(OC)cc2)cc1. The fraction of sp³-hybridized carbons (Fsp3) is 0.235. The monoisotopic (exact) mass is 660 g/mol. The van der Waals surface area contributed by atoms with Gasteiger partial charge in [-0.1, -0.05) is 49.2 Å². The van der Waals surface area contributed by atoms with Crippen molar-refractivity contribution in [3.05, 3.63) is 108 Å². The lowest BCUT2D eigenvalue weighted by atomic mass is 9.91. The van der Waals surface area contributed by atoms with Crippen LogP contribution in [0.25, 0.3) is 0 Å². The molecule has 0 heterocycles. The molecule has 2 N–H and O–H groups in total. The van der Waals surface area contributed by atoms with Crippen molar-refractivity contribution in [3.8, 4) is 11.5 Å². The molecule has 1 saturated carbocycles. The third-order valence-corrected chi connectivity index (χ3v) is 10.4. The second-order valence-electron chi connectivity index (χ2n) is 10.7. The zero-order chi connectivity index (χ0) is 32.6. The largest absolute Gasteiger partial charge is 0.497 e. The molecule has 12 heteroatoms. The Morgan fingerprint density at radius 2 is 0.957 bits per heavy atom. The molecule has 10 nitrogen and oxygen atoms in total. The predicted molar refractivity (Wildman–Crippen MR) is 182 cm³/mol. The molecular weight excluding hydrogens is 625 g/mol. The number of nitrogens with zero attached hydrogens (tertiary/aromatic N) is 2. The smallest absolute Gasteiger partial charge is 0.261 e. The van der Waals surface area contributed by atoms with Crippen LogP contribution >= 0.6 is 0 Å². The zero-order valence-electron chi connectivity index (χ0n) is 25.5. The third kappa shape index (κ3) is 8.12. The molecule has 4 aromatic rings. The summed E-state index contributed by atoms with van der Waals surface area (Å²) >= 11 is 0. The lowest BCUT2D eigenvalue weighted by molar-refractivity contribution is 0.390. The second kappa shape index (κ2) is 14.6. The van der Waals surface area contributed by atoms with Gasteiger partial charge in [0.15, 0.2) is 0 Å². The van der Waals surface area contributed by atoms with E-state index in [2.05, 4.69) is 9.44 Å². The highest BCUT2D eigenvalue weighted by Crippen LogP contribution is 2.27. The van der Waals surface area contributed by atoms with Crippen LogP contribution in [0.2, 0.25) is 0 Å². The molecular formula is C34H36N4O6S2. The van der Waals surface area contributed by atoms with E-state index in [1.165, 1.54) is 38.5 Å². The Morgan fingerprint density at radius 1 is 0.587 bits per heavy atom. The average molecular weight is 661 g/mol. The minimum absolute atomic E-state index is 0.119. The quantitative estimate of drug-likeness (QED) is 0.175. The van der Waals surface area contributed by atoms with Crippen LogP contribution in [0.1, 0.15) is 36.8 Å². The number of hydrogen-bond acceptors (Lipinski definition) is 8. The molecule has 240 valence electrons. The van der Waals surface area contributed by atoms with E-state index in [0.29, 0.717) is 34.0 Å². The number of aliphatic imine (C=N–C) groups is 2. The van der Waals surface area contributed by atoms with Crippen LogP contribution < -0.4 is 18.9 Å². The Kier molecular flexibility index (Phi) is 10.4. The summed E-state index contributed by atoms with van der Waals surface area (Å²) in [5, 5.41) is 0. The van der Waals surface area contributed by atoms with Crippen LogP contribution in [-0.4, -0.2) is 55.6 Å². The highest BCUT2D eigenvalue weighted by atomic mass is 32.2. The van der Waals surface area contributed by atoms with Gasteiger partial charge < -0.3 is 9.47 Å². The minimum Gasteiger partial charge on any atom is -0.497 e. The van der Waals surface area contributed by atoms with Gasteiger partial charge in [0.1, 0.15) is 11.5 Å². The predicted octanol–water partition coefficient (Wildman–Crippen LogP) is 6.15. The van der Waals surface area contributed by atoms with Crippen LogP contribution in [0.15, 0.2) is 117 Å². The number of para-hydroxylation sites is 2. The van der Waals surface area contributed by atoms with Crippen molar-refractivity contribution in [3.63, 3.8) is 0 Å². The molecule has 0 radical (unpaired) electrons. The van der Waals surface area contributed by atoms with Crippen molar-refractivity contribution in [2.75, 3.05) is 23.7 Å². The van der Waals surface area contributed by atoms with Gasteiger partial charge in [0.05, 0.1) is 47.5 Å². The number of benzene rings is 4. The van der Waals surface area contributed by atoms with Gasteiger partial charge in [0.25, 0.3) is 20.0 Å². The maximum absolute atomic E-state index is 13.1. The van der Waals surface area contributed by atoms with E-state index in [1.54, 1.807) is 61.0 Å².